The van der Waals surface area contributed by atoms with Gasteiger partial charge in [-0.1, -0.05) is 20.8 Å². The number of nitrogens with zero attached hydrogens (tertiary/aromatic N) is 1. The summed E-state index contributed by atoms with van der Waals surface area (Å²) < 4.78 is 69.2. The van der Waals surface area contributed by atoms with Crippen LogP contribution in [0.15, 0.2) is 0 Å². The zero-order valence-electron chi connectivity index (χ0n) is 19.1. The lowest BCUT2D eigenvalue weighted by Gasteiger charge is -2.35. The van der Waals surface area contributed by atoms with E-state index in [-0.39, 0.29) is 12.3 Å². The lowest BCUT2D eigenvalue weighted by Crippen LogP contribution is -2.51. The fraction of sp³-hybridized carbons (Fsp3) is 0.810. The Morgan fingerprint density at radius 3 is 2.21 bits per heavy atom. The largest absolute Gasteiger partial charge is 0.460 e. The number of amides is 2. The smallest absolute Gasteiger partial charge is 0.405 e. The first kappa shape index (κ1) is 25.0. The maximum absolute atomic E-state index is 14.0. The molecule has 0 radical (unpaired) electrons. The van der Waals surface area contributed by atoms with Crippen molar-refractivity contribution in [3.63, 3.8) is 0 Å². The SMILES string of the molecule is CC(OC(=O)C1C2CC3C1C(=O)N(C(=O)C(C)(C)C)C3C2OC(=O)C1CC1)C(F)(F)S(=O)(=O)O. The Labute approximate surface area is 195 Å². The number of ether oxygens (including phenoxy) is 2. The molecule has 4 aliphatic rings. The summed E-state index contributed by atoms with van der Waals surface area (Å²) in [6.45, 7) is 5.46. The van der Waals surface area contributed by atoms with Crippen LogP contribution in [0.5, 0.6) is 0 Å². The molecule has 7 unspecified atom stereocenters. The first-order valence-electron chi connectivity index (χ1n) is 11.1. The van der Waals surface area contributed by atoms with Gasteiger partial charge in [0.1, 0.15) is 6.10 Å². The van der Waals surface area contributed by atoms with Gasteiger partial charge in [-0.3, -0.25) is 28.6 Å². The van der Waals surface area contributed by atoms with Crippen molar-refractivity contribution in [1.82, 2.24) is 4.90 Å². The highest BCUT2D eigenvalue weighted by molar-refractivity contribution is 7.86. The molecular weight excluding hydrogens is 480 g/mol. The lowest BCUT2D eigenvalue weighted by molar-refractivity contribution is -0.174. The van der Waals surface area contributed by atoms with E-state index in [1.807, 2.05) is 0 Å². The van der Waals surface area contributed by atoms with E-state index >= 15 is 0 Å². The predicted octanol–water partition coefficient (Wildman–Crippen LogP) is 1.39. The predicted molar refractivity (Wildman–Crippen MR) is 108 cm³/mol. The summed E-state index contributed by atoms with van der Waals surface area (Å²) in [6.07, 6.45) is -2.02. The van der Waals surface area contributed by atoms with E-state index in [0.29, 0.717) is 19.8 Å². The minimum Gasteiger partial charge on any atom is -0.460 e. The van der Waals surface area contributed by atoms with Crippen molar-refractivity contribution in [3.05, 3.63) is 0 Å². The molecule has 0 aromatic carbocycles. The molecular formula is C21H27F2NO9S. The molecule has 34 heavy (non-hydrogen) atoms. The Morgan fingerprint density at radius 2 is 1.71 bits per heavy atom. The Hall–Kier alpha value is -2.15. The second-order valence-electron chi connectivity index (χ2n) is 10.7. The molecule has 1 saturated heterocycles. The van der Waals surface area contributed by atoms with Crippen LogP contribution < -0.4 is 0 Å². The molecule has 13 heteroatoms. The number of halogens is 2. The van der Waals surface area contributed by atoms with Crippen LogP contribution in [0.3, 0.4) is 0 Å². The van der Waals surface area contributed by atoms with Crippen LogP contribution >= 0.6 is 0 Å². The molecule has 7 atom stereocenters. The van der Waals surface area contributed by atoms with E-state index in [1.54, 1.807) is 20.8 Å². The summed E-state index contributed by atoms with van der Waals surface area (Å²) in [4.78, 5) is 52.9. The van der Waals surface area contributed by atoms with E-state index in [0.717, 1.165) is 4.90 Å². The van der Waals surface area contributed by atoms with Crippen LogP contribution in [-0.2, 0) is 38.8 Å². The topological polar surface area (TPSA) is 144 Å². The van der Waals surface area contributed by atoms with Crippen LogP contribution in [0.4, 0.5) is 8.78 Å². The third kappa shape index (κ3) is 3.71. The molecule has 0 spiro atoms. The molecule has 4 fully saturated rings. The molecule has 1 heterocycles. The number of carbonyl (C=O) groups is 4. The molecule has 2 amide bonds. The fourth-order valence-corrected chi connectivity index (χ4v) is 5.93. The molecule has 2 bridgehead atoms. The van der Waals surface area contributed by atoms with Crippen LogP contribution in [0.1, 0.15) is 47.0 Å². The number of esters is 2. The van der Waals surface area contributed by atoms with Crippen LogP contribution in [0.2, 0.25) is 0 Å². The molecule has 0 aromatic rings. The number of hydrogen-bond acceptors (Lipinski definition) is 8. The normalized spacial score (nSPS) is 33.7. The minimum atomic E-state index is -5.87. The molecule has 3 saturated carbocycles. The van der Waals surface area contributed by atoms with Gasteiger partial charge in [-0.25, -0.2) is 0 Å². The Bertz CT molecular complexity index is 1050. The Kier molecular flexibility index (Phi) is 5.63. The summed E-state index contributed by atoms with van der Waals surface area (Å²) in [5.74, 6) is -6.88. The quantitative estimate of drug-likeness (QED) is 0.416. The monoisotopic (exact) mass is 507 g/mol. The highest BCUT2D eigenvalue weighted by Crippen LogP contribution is 2.60. The highest BCUT2D eigenvalue weighted by Gasteiger charge is 2.72. The lowest BCUT2D eigenvalue weighted by atomic mass is 9.78. The third-order valence-corrected chi connectivity index (χ3v) is 8.30. The van der Waals surface area contributed by atoms with E-state index in [9.17, 15) is 36.4 Å². The number of fused-ring (bicyclic) bond motifs is 1. The third-order valence-electron chi connectivity index (χ3n) is 7.28. The summed E-state index contributed by atoms with van der Waals surface area (Å²) in [6, 6.07) is -0.766. The number of rotatable bonds is 6. The van der Waals surface area contributed by atoms with Crippen LogP contribution in [0, 0.1) is 35.0 Å². The average Bonchev–Trinajstić information content (AvgIpc) is 3.35. The Morgan fingerprint density at radius 1 is 1.12 bits per heavy atom. The second kappa shape index (κ2) is 7.67. The van der Waals surface area contributed by atoms with Gasteiger partial charge in [-0.2, -0.15) is 17.2 Å². The standard InChI is InChI=1S/C21H27F2NO9S/c1-8(21(22,23)34(29,30)31)32-18(27)13-11-7-10-12(13)16(25)24(19(28)20(2,3)4)14(10)15(11)33-17(26)9-5-6-9/h8-15H,5-7H2,1-4H3,(H,29,30,31). The first-order valence-corrected chi connectivity index (χ1v) is 12.6. The maximum Gasteiger partial charge on any atom is 0.405 e. The Balaban J connectivity index is 1.65. The van der Waals surface area contributed by atoms with Gasteiger partial charge in [-0.15, -0.1) is 0 Å². The van der Waals surface area contributed by atoms with Crippen molar-refractivity contribution in [3.8, 4) is 0 Å². The van der Waals surface area contributed by atoms with Gasteiger partial charge in [0, 0.05) is 11.3 Å². The fourth-order valence-electron chi connectivity index (χ4n) is 5.47. The zero-order valence-corrected chi connectivity index (χ0v) is 19.9. The van der Waals surface area contributed by atoms with Gasteiger partial charge in [0.15, 0.2) is 6.10 Å². The van der Waals surface area contributed by atoms with Gasteiger partial charge in [0.05, 0.1) is 23.8 Å². The van der Waals surface area contributed by atoms with Crippen molar-refractivity contribution < 1.29 is 50.4 Å². The second-order valence-corrected chi connectivity index (χ2v) is 12.2. The van der Waals surface area contributed by atoms with E-state index in [2.05, 4.69) is 0 Å². The number of likely N-dealkylation sites (tertiary alicyclic amines) is 1. The summed E-state index contributed by atoms with van der Waals surface area (Å²) in [5.41, 5.74) is -0.954. The zero-order chi connectivity index (χ0) is 25.5. The van der Waals surface area contributed by atoms with Gasteiger partial charge < -0.3 is 9.47 Å². The molecule has 4 rings (SSSR count). The summed E-state index contributed by atoms with van der Waals surface area (Å²) in [5, 5.41) is -4.77. The number of hydrogen-bond donors (Lipinski definition) is 1. The van der Waals surface area contributed by atoms with E-state index < -0.39 is 86.5 Å². The van der Waals surface area contributed by atoms with Gasteiger partial charge in [-0.05, 0) is 32.1 Å². The summed E-state index contributed by atoms with van der Waals surface area (Å²) in [7, 11) is -5.87. The molecule has 190 valence electrons. The van der Waals surface area contributed by atoms with Crippen molar-refractivity contribution in [2.45, 2.75) is 70.5 Å². The van der Waals surface area contributed by atoms with E-state index in [1.165, 1.54) is 0 Å². The number of alkyl halides is 2. The molecule has 0 aromatic heterocycles. The van der Waals surface area contributed by atoms with Crippen molar-refractivity contribution in [2.24, 2.45) is 35.0 Å². The number of carbonyl (C=O) groups excluding carboxylic acids is 4. The molecule has 3 aliphatic carbocycles. The van der Waals surface area contributed by atoms with E-state index in [4.69, 9.17) is 14.0 Å². The molecule has 1 N–H and O–H groups in total. The highest BCUT2D eigenvalue weighted by atomic mass is 32.2. The van der Waals surface area contributed by atoms with Gasteiger partial charge in [0.25, 0.3) is 0 Å². The minimum absolute atomic E-state index is 0.237. The van der Waals surface area contributed by atoms with Gasteiger partial charge >= 0.3 is 27.3 Å². The van der Waals surface area contributed by atoms with Gasteiger partial charge in [0.2, 0.25) is 11.8 Å². The average molecular weight is 508 g/mol. The van der Waals surface area contributed by atoms with Crippen LogP contribution in [0.25, 0.3) is 0 Å². The molecule has 1 aliphatic heterocycles. The van der Waals surface area contributed by atoms with Crippen molar-refractivity contribution in [2.75, 3.05) is 0 Å². The number of imide groups is 1. The van der Waals surface area contributed by atoms with Crippen molar-refractivity contribution in [1.29, 1.82) is 0 Å². The molecule has 10 nitrogen and oxygen atoms in total. The van der Waals surface area contributed by atoms with Crippen LogP contribution in [-0.4, -0.2) is 65.1 Å². The summed E-state index contributed by atoms with van der Waals surface area (Å²) >= 11 is 0. The van der Waals surface area contributed by atoms with Crippen molar-refractivity contribution >= 4 is 33.9 Å². The maximum atomic E-state index is 14.0. The first-order chi connectivity index (χ1) is 15.5.